The molecule has 2 aliphatic heterocycles. The molecule has 2 unspecified atom stereocenters. The third-order valence-corrected chi connectivity index (χ3v) is 4.74. The van der Waals surface area contributed by atoms with Crippen molar-refractivity contribution >= 4 is 11.8 Å². The van der Waals surface area contributed by atoms with Crippen molar-refractivity contribution in [2.75, 3.05) is 6.54 Å². The molecule has 2 amide bonds. The number of likely N-dealkylation sites (tertiary alicyclic amines) is 1. The summed E-state index contributed by atoms with van der Waals surface area (Å²) in [5.74, 6) is -0.265. The van der Waals surface area contributed by atoms with Crippen molar-refractivity contribution in [3.05, 3.63) is 0 Å². The van der Waals surface area contributed by atoms with Gasteiger partial charge in [0, 0.05) is 30.0 Å². The lowest BCUT2D eigenvalue weighted by Gasteiger charge is -2.36. The molecule has 0 aromatic carbocycles. The van der Waals surface area contributed by atoms with Crippen LogP contribution in [-0.2, 0) is 9.59 Å². The van der Waals surface area contributed by atoms with E-state index in [2.05, 4.69) is 0 Å². The predicted octanol–water partition coefficient (Wildman–Crippen LogP) is 1.65. The molecule has 0 aliphatic carbocycles. The third kappa shape index (κ3) is 2.19. The van der Waals surface area contributed by atoms with Crippen molar-refractivity contribution in [1.29, 1.82) is 0 Å². The average Bonchev–Trinajstić information content (AvgIpc) is 2.60. The Bertz CT molecular complexity index is 417. The zero-order valence-electron chi connectivity index (χ0n) is 12.4. The summed E-state index contributed by atoms with van der Waals surface area (Å²) in [6.45, 7) is 10.1. The van der Waals surface area contributed by atoms with Crippen molar-refractivity contribution < 1.29 is 14.8 Å². The maximum absolute atomic E-state index is 12.0. The van der Waals surface area contributed by atoms with Gasteiger partial charge in [-0.3, -0.25) is 14.5 Å². The topological polar surface area (TPSA) is 60.9 Å². The molecule has 2 heterocycles. The van der Waals surface area contributed by atoms with Crippen LogP contribution in [-0.4, -0.2) is 44.6 Å². The summed E-state index contributed by atoms with van der Waals surface area (Å²) < 4.78 is 0. The van der Waals surface area contributed by atoms with Gasteiger partial charge in [-0.2, -0.15) is 5.06 Å². The fourth-order valence-electron chi connectivity index (χ4n) is 3.44. The standard InChI is InChI=1S/C14H24N2O3/c1-9-6-11(17)15(12(9)18)8-10-7-13(2,3)16(19)14(10,4)5/h9-10,19H,6-8H2,1-5H3. The van der Waals surface area contributed by atoms with Crippen LogP contribution >= 0.6 is 0 Å². The molecular weight excluding hydrogens is 244 g/mol. The van der Waals surface area contributed by atoms with Crippen molar-refractivity contribution in [3.63, 3.8) is 0 Å². The summed E-state index contributed by atoms with van der Waals surface area (Å²) in [5, 5.41) is 11.6. The van der Waals surface area contributed by atoms with Crippen LogP contribution in [0.25, 0.3) is 0 Å². The van der Waals surface area contributed by atoms with E-state index in [9.17, 15) is 14.8 Å². The number of hydrogen-bond donors (Lipinski definition) is 1. The lowest BCUT2D eigenvalue weighted by atomic mass is 9.86. The van der Waals surface area contributed by atoms with Crippen molar-refractivity contribution in [2.45, 2.75) is 58.5 Å². The Labute approximate surface area is 114 Å². The van der Waals surface area contributed by atoms with Crippen LogP contribution in [0.3, 0.4) is 0 Å². The van der Waals surface area contributed by atoms with Gasteiger partial charge in [0.15, 0.2) is 0 Å². The van der Waals surface area contributed by atoms with Gasteiger partial charge in [0.1, 0.15) is 0 Å². The number of imide groups is 1. The molecule has 2 fully saturated rings. The smallest absolute Gasteiger partial charge is 0.232 e. The Hall–Kier alpha value is -0.940. The zero-order valence-corrected chi connectivity index (χ0v) is 12.4. The van der Waals surface area contributed by atoms with E-state index in [1.165, 1.54) is 9.96 Å². The van der Waals surface area contributed by atoms with Crippen LogP contribution in [0, 0.1) is 11.8 Å². The summed E-state index contributed by atoms with van der Waals surface area (Å²) in [4.78, 5) is 25.2. The first-order valence-electron chi connectivity index (χ1n) is 6.91. The van der Waals surface area contributed by atoms with E-state index in [-0.39, 0.29) is 29.2 Å². The van der Waals surface area contributed by atoms with Gasteiger partial charge >= 0.3 is 0 Å². The maximum atomic E-state index is 12.0. The fraction of sp³-hybridized carbons (Fsp3) is 0.857. The van der Waals surface area contributed by atoms with Gasteiger partial charge < -0.3 is 5.21 Å². The second-order valence-corrected chi connectivity index (χ2v) is 7.13. The number of nitrogens with zero attached hydrogens (tertiary/aromatic N) is 2. The van der Waals surface area contributed by atoms with Crippen LogP contribution in [0.4, 0.5) is 0 Å². The van der Waals surface area contributed by atoms with E-state index in [0.717, 1.165) is 6.42 Å². The molecule has 0 radical (unpaired) electrons. The third-order valence-electron chi connectivity index (χ3n) is 4.74. The Morgan fingerprint density at radius 2 is 1.84 bits per heavy atom. The zero-order chi connectivity index (χ0) is 14.6. The van der Waals surface area contributed by atoms with Gasteiger partial charge in [0.25, 0.3) is 0 Å². The molecule has 2 saturated heterocycles. The summed E-state index contributed by atoms with van der Waals surface area (Å²) in [6.07, 6.45) is 1.08. The highest BCUT2D eigenvalue weighted by Gasteiger charge is 2.52. The van der Waals surface area contributed by atoms with Gasteiger partial charge in [0.05, 0.1) is 0 Å². The summed E-state index contributed by atoms with van der Waals surface area (Å²) >= 11 is 0. The molecule has 2 aliphatic rings. The van der Waals surface area contributed by atoms with Crippen LogP contribution in [0.1, 0.15) is 47.5 Å². The molecule has 2 rings (SSSR count). The molecule has 0 spiro atoms. The molecule has 2 atom stereocenters. The van der Waals surface area contributed by atoms with E-state index in [1.54, 1.807) is 6.92 Å². The van der Waals surface area contributed by atoms with Gasteiger partial charge in [0.2, 0.25) is 11.8 Å². The highest BCUT2D eigenvalue weighted by Crippen LogP contribution is 2.44. The number of carbonyl (C=O) groups is 2. The molecule has 1 N–H and O–H groups in total. The molecule has 19 heavy (non-hydrogen) atoms. The molecule has 0 aromatic rings. The molecule has 5 heteroatoms. The number of carbonyl (C=O) groups excluding carboxylic acids is 2. The SMILES string of the molecule is CC1CC(=O)N(CC2CC(C)(C)N(O)C2(C)C)C1=O. The summed E-state index contributed by atoms with van der Waals surface area (Å²) in [6, 6.07) is 0. The highest BCUT2D eigenvalue weighted by atomic mass is 16.5. The van der Waals surface area contributed by atoms with Crippen LogP contribution < -0.4 is 0 Å². The maximum Gasteiger partial charge on any atom is 0.232 e. The first-order valence-corrected chi connectivity index (χ1v) is 6.91. The molecule has 0 bridgehead atoms. The lowest BCUT2D eigenvalue weighted by molar-refractivity contribution is -0.197. The first kappa shape index (κ1) is 14.5. The first-order chi connectivity index (χ1) is 8.57. The predicted molar refractivity (Wildman–Crippen MR) is 70.4 cm³/mol. The normalized spacial score (nSPS) is 34.3. The summed E-state index contributed by atoms with van der Waals surface area (Å²) in [5.41, 5.74) is -0.762. The quantitative estimate of drug-likeness (QED) is 0.774. The highest BCUT2D eigenvalue weighted by molar-refractivity contribution is 6.03. The molecule has 0 saturated carbocycles. The van der Waals surface area contributed by atoms with E-state index in [1.807, 2.05) is 27.7 Å². The molecule has 5 nitrogen and oxygen atoms in total. The summed E-state index contributed by atoms with van der Waals surface area (Å²) in [7, 11) is 0. The van der Waals surface area contributed by atoms with E-state index >= 15 is 0 Å². The van der Waals surface area contributed by atoms with Gasteiger partial charge in [-0.05, 0) is 40.0 Å². The molecule has 0 aromatic heterocycles. The van der Waals surface area contributed by atoms with Gasteiger partial charge in [-0.1, -0.05) is 6.92 Å². The van der Waals surface area contributed by atoms with E-state index < -0.39 is 5.54 Å². The van der Waals surface area contributed by atoms with Crippen molar-refractivity contribution in [3.8, 4) is 0 Å². The van der Waals surface area contributed by atoms with Crippen molar-refractivity contribution in [1.82, 2.24) is 9.96 Å². The number of hydroxylamine groups is 2. The minimum Gasteiger partial charge on any atom is -0.313 e. The number of rotatable bonds is 2. The average molecular weight is 268 g/mol. The Morgan fingerprint density at radius 1 is 1.26 bits per heavy atom. The number of hydrogen-bond acceptors (Lipinski definition) is 4. The van der Waals surface area contributed by atoms with E-state index in [0.29, 0.717) is 13.0 Å². The number of amides is 2. The van der Waals surface area contributed by atoms with Crippen LogP contribution in [0.15, 0.2) is 0 Å². The minimum atomic E-state index is -0.435. The second-order valence-electron chi connectivity index (χ2n) is 7.13. The fourth-order valence-corrected chi connectivity index (χ4v) is 3.44. The Morgan fingerprint density at radius 3 is 2.21 bits per heavy atom. The molecule has 108 valence electrons. The van der Waals surface area contributed by atoms with Gasteiger partial charge in [-0.15, -0.1) is 0 Å². The second kappa shape index (κ2) is 4.28. The van der Waals surface area contributed by atoms with E-state index in [4.69, 9.17) is 0 Å². The minimum absolute atomic E-state index is 0.0741. The lowest BCUT2D eigenvalue weighted by Crippen LogP contribution is -2.49. The van der Waals surface area contributed by atoms with Crippen LogP contribution in [0.2, 0.25) is 0 Å². The molecular formula is C14H24N2O3. The van der Waals surface area contributed by atoms with Crippen molar-refractivity contribution in [2.24, 2.45) is 11.8 Å². The van der Waals surface area contributed by atoms with Gasteiger partial charge in [-0.25, -0.2) is 0 Å². The Kier molecular flexibility index (Phi) is 3.26. The van der Waals surface area contributed by atoms with Crippen LogP contribution in [0.5, 0.6) is 0 Å². The Balaban J connectivity index is 2.16. The monoisotopic (exact) mass is 268 g/mol. The largest absolute Gasteiger partial charge is 0.313 e.